The van der Waals surface area contributed by atoms with Gasteiger partial charge in [0.1, 0.15) is 6.07 Å². The van der Waals surface area contributed by atoms with Gasteiger partial charge in [-0.25, -0.2) is 8.42 Å². The number of piperidine rings is 1. The zero-order chi connectivity index (χ0) is 23.4. The molecule has 3 aromatic rings. The molecule has 2 heterocycles. The van der Waals surface area contributed by atoms with Crippen molar-refractivity contribution in [3.8, 4) is 6.07 Å². The first kappa shape index (κ1) is 23.2. The van der Waals surface area contributed by atoms with E-state index in [-0.39, 0.29) is 41.4 Å². The molecule has 1 amide bonds. The van der Waals surface area contributed by atoms with Gasteiger partial charge in [-0.2, -0.15) is 9.57 Å². The lowest BCUT2D eigenvalue weighted by Gasteiger charge is -2.31. The average molecular weight is 480 g/mol. The molecule has 0 spiro atoms. The lowest BCUT2D eigenvalue weighted by molar-refractivity contribution is -0.126. The van der Waals surface area contributed by atoms with Gasteiger partial charge in [0, 0.05) is 23.9 Å². The number of aryl methyl sites for hydroxylation is 1. The summed E-state index contributed by atoms with van der Waals surface area (Å²) in [6.07, 6.45) is 0.871. The van der Waals surface area contributed by atoms with Gasteiger partial charge in [-0.15, -0.1) is 11.3 Å². The van der Waals surface area contributed by atoms with Crippen LogP contribution in [0.25, 0.3) is 0 Å². The Kier molecular flexibility index (Phi) is 6.94. The number of benzene rings is 2. The van der Waals surface area contributed by atoms with E-state index in [9.17, 15) is 18.5 Å². The number of thiophene rings is 1. The number of rotatable bonds is 6. The van der Waals surface area contributed by atoms with E-state index in [1.807, 2.05) is 54.8 Å². The SMILES string of the molecule is Cc1ccc(C(NC(=O)C2CCN(S(=O)(=O)c3ccccc3C#N)CC2)c2cccs2)cc1. The third-order valence-electron chi connectivity index (χ3n) is 5.98. The summed E-state index contributed by atoms with van der Waals surface area (Å²) >= 11 is 1.59. The third kappa shape index (κ3) is 5.01. The van der Waals surface area contributed by atoms with Crippen LogP contribution in [0.5, 0.6) is 0 Å². The van der Waals surface area contributed by atoms with Crippen LogP contribution < -0.4 is 5.32 Å². The molecule has 2 aromatic carbocycles. The Morgan fingerprint density at radius 1 is 1.09 bits per heavy atom. The fourth-order valence-electron chi connectivity index (χ4n) is 4.07. The van der Waals surface area contributed by atoms with Gasteiger partial charge in [-0.05, 0) is 48.9 Å². The number of hydrogen-bond acceptors (Lipinski definition) is 5. The molecule has 0 aliphatic carbocycles. The maximum Gasteiger partial charge on any atom is 0.244 e. The van der Waals surface area contributed by atoms with Gasteiger partial charge in [0.25, 0.3) is 0 Å². The van der Waals surface area contributed by atoms with E-state index in [0.29, 0.717) is 12.8 Å². The number of nitrogens with one attached hydrogen (secondary N) is 1. The number of nitriles is 1. The van der Waals surface area contributed by atoms with E-state index in [4.69, 9.17) is 0 Å². The summed E-state index contributed by atoms with van der Waals surface area (Å²) in [6, 6.07) is 20.0. The second-order valence-corrected chi connectivity index (χ2v) is 11.0. The zero-order valence-corrected chi connectivity index (χ0v) is 19.9. The first-order valence-corrected chi connectivity index (χ1v) is 13.1. The molecule has 33 heavy (non-hydrogen) atoms. The van der Waals surface area contributed by atoms with Crippen molar-refractivity contribution in [2.24, 2.45) is 5.92 Å². The normalized spacial score (nSPS) is 16.1. The van der Waals surface area contributed by atoms with Crippen molar-refractivity contribution in [2.75, 3.05) is 13.1 Å². The van der Waals surface area contributed by atoms with Gasteiger partial charge in [-0.1, -0.05) is 48.0 Å². The quantitative estimate of drug-likeness (QED) is 0.573. The highest BCUT2D eigenvalue weighted by Gasteiger charge is 2.34. The van der Waals surface area contributed by atoms with Crippen LogP contribution >= 0.6 is 11.3 Å². The third-order valence-corrected chi connectivity index (χ3v) is 8.87. The summed E-state index contributed by atoms with van der Waals surface area (Å²) < 4.78 is 27.5. The van der Waals surface area contributed by atoms with E-state index in [1.54, 1.807) is 23.5 Å². The molecule has 1 aromatic heterocycles. The lowest BCUT2D eigenvalue weighted by Crippen LogP contribution is -2.43. The lowest BCUT2D eigenvalue weighted by atomic mass is 9.95. The number of carbonyl (C=O) groups is 1. The average Bonchev–Trinajstić information content (AvgIpc) is 3.38. The maximum absolute atomic E-state index is 13.2. The first-order valence-electron chi connectivity index (χ1n) is 10.8. The molecule has 0 saturated carbocycles. The Balaban J connectivity index is 1.45. The Labute approximate surface area is 198 Å². The van der Waals surface area contributed by atoms with Crippen molar-refractivity contribution < 1.29 is 13.2 Å². The molecule has 1 unspecified atom stereocenters. The minimum absolute atomic E-state index is 0.0209. The van der Waals surface area contributed by atoms with Crippen molar-refractivity contribution in [2.45, 2.75) is 30.7 Å². The van der Waals surface area contributed by atoms with Crippen LogP contribution in [0.15, 0.2) is 70.9 Å². The molecule has 8 heteroatoms. The van der Waals surface area contributed by atoms with Gasteiger partial charge < -0.3 is 5.32 Å². The van der Waals surface area contributed by atoms with Crippen LogP contribution in [-0.4, -0.2) is 31.7 Å². The number of sulfonamides is 1. The minimum Gasteiger partial charge on any atom is -0.344 e. The van der Waals surface area contributed by atoms with Crippen molar-refractivity contribution in [3.05, 3.63) is 87.6 Å². The molecule has 4 rings (SSSR count). The molecule has 170 valence electrons. The highest BCUT2D eigenvalue weighted by Crippen LogP contribution is 2.29. The molecule has 1 fully saturated rings. The Hall–Kier alpha value is -2.99. The first-order chi connectivity index (χ1) is 15.9. The van der Waals surface area contributed by atoms with Crippen LogP contribution in [0.3, 0.4) is 0 Å². The molecular weight excluding hydrogens is 454 g/mol. The molecule has 1 atom stereocenters. The predicted molar refractivity (Wildman–Crippen MR) is 128 cm³/mol. The van der Waals surface area contributed by atoms with Crippen LogP contribution in [-0.2, 0) is 14.8 Å². The monoisotopic (exact) mass is 479 g/mol. The smallest absolute Gasteiger partial charge is 0.244 e. The van der Waals surface area contributed by atoms with Gasteiger partial charge in [0.15, 0.2) is 0 Å². The van der Waals surface area contributed by atoms with Gasteiger partial charge >= 0.3 is 0 Å². The Morgan fingerprint density at radius 2 is 1.79 bits per heavy atom. The Morgan fingerprint density at radius 3 is 2.42 bits per heavy atom. The molecule has 1 saturated heterocycles. The van der Waals surface area contributed by atoms with Crippen LogP contribution in [0, 0.1) is 24.2 Å². The van der Waals surface area contributed by atoms with Crippen LogP contribution in [0.1, 0.15) is 40.5 Å². The molecule has 0 bridgehead atoms. The van der Waals surface area contributed by atoms with E-state index in [1.165, 1.54) is 16.4 Å². The minimum atomic E-state index is -3.78. The summed E-state index contributed by atoms with van der Waals surface area (Å²) in [5, 5.41) is 14.5. The van der Waals surface area contributed by atoms with Gasteiger partial charge in [-0.3, -0.25) is 4.79 Å². The molecule has 0 radical (unpaired) electrons. The molecule has 6 nitrogen and oxygen atoms in total. The number of hydrogen-bond donors (Lipinski definition) is 1. The zero-order valence-electron chi connectivity index (χ0n) is 18.3. The summed E-state index contributed by atoms with van der Waals surface area (Å²) in [6.45, 7) is 2.52. The molecular formula is C25H25N3O3S2. The van der Waals surface area contributed by atoms with Crippen LogP contribution in [0.4, 0.5) is 0 Å². The second kappa shape index (κ2) is 9.87. The highest BCUT2D eigenvalue weighted by molar-refractivity contribution is 7.89. The van der Waals surface area contributed by atoms with Crippen LogP contribution in [0.2, 0.25) is 0 Å². The summed E-state index contributed by atoms with van der Waals surface area (Å²) in [5.41, 5.74) is 2.31. The topological polar surface area (TPSA) is 90.3 Å². The van der Waals surface area contributed by atoms with E-state index < -0.39 is 10.0 Å². The number of amides is 1. The predicted octanol–water partition coefficient (Wildman–Crippen LogP) is 4.23. The summed E-state index contributed by atoms with van der Waals surface area (Å²) in [7, 11) is -3.78. The van der Waals surface area contributed by atoms with Crippen molar-refractivity contribution in [1.29, 1.82) is 5.26 Å². The number of nitrogens with zero attached hydrogens (tertiary/aromatic N) is 2. The summed E-state index contributed by atoms with van der Waals surface area (Å²) in [4.78, 5) is 14.2. The van der Waals surface area contributed by atoms with Crippen molar-refractivity contribution in [3.63, 3.8) is 0 Å². The van der Waals surface area contributed by atoms with E-state index in [2.05, 4.69) is 5.32 Å². The molecule has 1 aliphatic heterocycles. The fourth-order valence-corrected chi connectivity index (χ4v) is 6.49. The Bertz CT molecular complexity index is 1250. The standard InChI is InChI=1S/C25H25N3O3S2/c1-18-8-10-19(11-9-18)24(22-6-4-16-32-22)27-25(29)20-12-14-28(15-13-20)33(30,31)23-7-3-2-5-21(23)17-26/h2-11,16,20,24H,12-15H2,1H3,(H,27,29). The highest BCUT2D eigenvalue weighted by atomic mass is 32.2. The van der Waals surface area contributed by atoms with Crippen molar-refractivity contribution >= 4 is 27.3 Å². The fraction of sp³-hybridized carbons (Fsp3) is 0.280. The number of carbonyl (C=O) groups excluding carboxylic acids is 1. The second-order valence-electron chi connectivity index (χ2n) is 8.15. The van der Waals surface area contributed by atoms with E-state index >= 15 is 0 Å². The summed E-state index contributed by atoms with van der Waals surface area (Å²) in [5.74, 6) is -0.334. The largest absolute Gasteiger partial charge is 0.344 e. The molecule has 1 aliphatic rings. The van der Waals surface area contributed by atoms with E-state index in [0.717, 1.165) is 16.0 Å². The van der Waals surface area contributed by atoms with Gasteiger partial charge in [0.05, 0.1) is 16.5 Å². The van der Waals surface area contributed by atoms with Crippen molar-refractivity contribution in [1.82, 2.24) is 9.62 Å². The maximum atomic E-state index is 13.2. The van der Waals surface area contributed by atoms with Gasteiger partial charge in [0.2, 0.25) is 15.9 Å². The molecule has 1 N–H and O–H groups in total.